The Morgan fingerprint density at radius 3 is 2.10 bits per heavy atom. The molecule has 2 bridgehead atoms. The molecule has 196 valence electrons. The number of imide groups is 1. The van der Waals surface area contributed by atoms with Crippen molar-refractivity contribution in [3.8, 4) is 0 Å². The number of nitrogens with one attached hydrogen (secondary N) is 1. The molecule has 4 aliphatic rings. The van der Waals surface area contributed by atoms with E-state index < -0.39 is 23.2 Å². The van der Waals surface area contributed by atoms with Crippen LogP contribution in [0.2, 0.25) is 0 Å². The van der Waals surface area contributed by atoms with E-state index >= 15 is 0 Å². The van der Waals surface area contributed by atoms with Crippen molar-refractivity contribution in [2.24, 2.45) is 16.9 Å². The fourth-order valence-corrected chi connectivity index (χ4v) is 6.99. The van der Waals surface area contributed by atoms with Crippen molar-refractivity contribution in [2.45, 2.75) is 17.9 Å². The number of nitrogen functional groups attached to an aromatic ring is 1. The van der Waals surface area contributed by atoms with E-state index in [0.717, 1.165) is 27.8 Å². The molecule has 0 spiro atoms. The Bertz CT molecular complexity index is 1670. The van der Waals surface area contributed by atoms with Crippen molar-refractivity contribution in [3.63, 3.8) is 0 Å². The molecule has 1 saturated heterocycles. The number of anilines is 1. The van der Waals surface area contributed by atoms with Crippen molar-refractivity contribution in [1.82, 2.24) is 10.3 Å². The summed E-state index contributed by atoms with van der Waals surface area (Å²) in [7, 11) is 0. The van der Waals surface area contributed by atoms with Gasteiger partial charge in [-0.3, -0.25) is 19.3 Å². The average molecular weight is 527 g/mol. The first-order valence-corrected chi connectivity index (χ1v) is 13.3. The molecule has 40 heavy (non-hydrogen) atoms. The molecule has 8 rings (SSSR count). The van der Waals surface area contributed by atoms with E-state index in [1.54, 1.807) is 30.5 Å². The zero-order valence-electron chi connectivity index (χ0n) is 21.5. The number of carbonyl (C=O) groups is 3. The molecular weight excluding hydrogens is 500 g/mol. The molecule has 3 aliphatic carbocycles. The number of nitrogens with two attached hydrogens (primary N) is 1. The van der Waals surface area contributed by atoms with Crippen LogP contribution in [0.15, 0.2) is 108 Å². The standard InChI is InChI=1S/C33H26N4O3/c34-26-17-9-6-14-23(26)30(38)36-35-19-33-24-15-7-4-12-21(24)27(22-13-5-8-16-25(22)33)28-29(33)32(40)37(31(28)39)18-20-10-2-1-3-11-20/h1-17,19,27-29H,18,34H2,(H,36,38)/b35-19-/t27?,28-,29-,33?/m1/s1. The van der Waals surface area contributed by atoms with Crippen LogP contribution < -0.4 is 11.2 Å². The maximum absolute atomic E-state index is 14.3. The predicted octanol–water partition coefficient (Wildman–Crippen LogP) is 4.23. The van der Waals surface area contributed by atoms with Crippen LogP contribution in [0, 0.1) is 11.8 Å². The Balaban J connectivity index is 1.37. The van der Waals surface area contributed by atoms with Crippen LogP contribution >= 0.6 is 0 Å². The van der Waals surface area contributed by atoms with Crippen molar-refractivity contribution in [2.75, 3.05) is 5.73 Å². The Morgan fingerprint density at radius 1 is 0.825 bits per heavy atom. The summed E-state index contributed by atoms with van der Waals surface area (Å²) in [5.74, 6) is -2.37. The minimum Gasteiger partial charge on any atom is -0.398 e. The first-order valence-electron chi connectivity index (χ1n) is 13.3. The third kappa shape index (κ3) is 3.30. The highest BCUT2D eigenvalue weighted by atomic mass is 16.2. The monoisotopic (exact) mass is 526 g/mol. The molecule has 7 heteroatoms. The molecule has 2 atom stereocenters. The second-order valence-electron chi connectivity index (χ2n) is 10.6. The minimum absolute atomic E-state index is 0.174. The number of nitrogens with zero attached hydrogens (tertiary/aromatic N) is 2. The van der Waals surface area contributed by atoms with Gasteiger partial charge in [-0.05, 0) is 39.9 Å². The summed E-state index contributed by atoms with van der Waals surface area (Å²) in [6.07, 6.45) is 1.66. The lowest BCUT2D eigenvalue weighted by atomic mass is 9.47. The fraction of sp³-hybridized carbons (Fsp3) is 0.152. The van der Waals surface area contributed by atoms with Crippen LogP contribution in [0.1, 0.15) is 44.1 Å². The number of benzene rings is 4. The van der Waals surface area contributed by atoms with E-state index in [4.69, 9.17) is 5.73 Å². The number of amides is 3. The highest BCUT2D eigenvalue weighted by molar-refractivity contribution is 6.11. The highest BCUT2D eigenvalue weighted by Crippen LogP contribution is 2.63. The van der Waals surface area contributed by atoms with E-state index in [2.05, 4.69) is 10.5 Å². The second kappa shape index (κ2) is 9.02. The zero-order valence-corrected chi connectivity index (χ0v) is 21.5. The number of hydrogen-bond acceptors (Lipinski definition) is 5. The SMILES string of the molecule is Nc1ccccc1C(=O)N/N=C\C12c3ccccc3C(c3ccccc31)[C@H]1C(=O)N(Cc3ccccc3)C(=O)[C@@H]12. The zero-order chi connectivity index (χ0) is 27.4. The summed E-state index contributed by atoms with van der Waals surface area (Å²) in [4.78, 5) is 42.7. The van der Waals surface area contributed by atoms with Gasteiger partial charge in [0, 0.05) is 17.8 Å². The first-order chi connectivity index (χ1) is 19.5. The van der Waals surface area contributed by atoms with Crippen molar-refractivity contribution in [1.29, 1.82) is 0 Å². The maximum Gasteiger partial charge on any atom is 0.273 e. The summed E-state index contributed by atoms with van der Waals surface area (Å²) in [5, 5.41) is 4.44. The smallest absolute Gasteiger partial charge is 0.273 e. The highest BCUT2D eigenvalue weighted by Gasteiger charge is 2.67. The average Bonchev–Trinajstić information content (AvgIpc) is 3.24. The van der Waals surface area contributed by atoms with E-state index in [1.165, 1.54) is 4.90 Å². The fourth-order valence-electron chi connectivity index (χ4n) is 6.99. The van der Waals surface area contributed by atoms with Gasteiger partial charge in [-0.1, -0.05) is 91.0 Å². The number of hydrogen-bond donors (Lipinski definition) is 2. The van der Waals surface area contributed by atoms with Crippen molar-refractivity contribution < 1.29 is 14.4 Å². The molecule has 1 fully saturated rings. The molecule has 4 aromatic rings. The van der Waals surface area contributed by atoms with Crippen LogP contribution in [-0.4, -0.2) is 28.8 Å². The largest absolute Gasteiger partial charge is 0.398 e. The van der Waals surface area contributed by atoms with E-state index in [9.17, 15) is 14.4 Å². The van der Waals surface area contributed by atoms with Gasteiger partial charge < -0.3 is 5.73 Å². The van der Waals surface area contributed by atoms with Crippen LogP contribution in [0.5, 0.6) is 0 Å². The van der Waals surface area contributed by atoms with Crippen LogP contribution in [0.4, 0.5) is 5.69 Å². The molecular formula is C33H26N4O3. The van der Waals surface area contributed by atoms with Gasteiger partial charge in [-0.2, -0.15) is 5.10 Å². The normalized spacial score (nSPS) is 24.1. The third-order valence-corrected chi connectivity index (χ3v) is 8.60. The Labute approximate surface area is 231 Å². The Kier molecular flexibility index (Phi) is 5.42. The lowest BCUT2D eigenvalue weighted by Crippen LogP contribution is -2.54. The lowest BCUT2D eigenvalue weighted by molar-refractivity contribution is -0.140. The van der Waals surface area contributed by atoms with Gasteiger partial charge >= 0.3 is 0 Å². The molecule has 0 aromatic heterocycles. The van der Waals surface area contributed by atoms with Crippen molar-refractivity contribution >= 4 is 29.6 Å². The van der Waals surface area contributed by atoms with Crippen LogP contribution in [0.3, 0.4) is 0 Å². The topological polar surface area (TPSA) is 105 Å². The van der Waals surface area contributed by atoms with E-state index in [0.29, 0.717) is 11.3 Å². The molecule has 0 radical (unpaired) electrons. The molecule has 3 amide bonds. The minimum atomic E-state index is -1.04. The molecule has 0 unspecified atom stereocenters. The summed E-state index contributed by atoms with van der Waals surface area (Å²) in [6.45, 7) is 0.210. The number of carbonyl (C=O) groups excluding carboxylic acids is 3. The van der Waals surface area contributed by atoms with Crippen molar-refractivity contribution in [3.05, 3.63) is 137 Å². The summed E-state index contributed by atoms with van der Waals surface area (Å²) in [6, 6.07) is 32.2. The van der Waals surface area contributed by atoms with Gasteiger partial charge in [0.05, 0.1) is 29.4 Å². The summed E-state index contributed by atoms with van der Waals surface area (Å²) < 4.78 is 0. The number of hydrazone groups is 1. The van der Waals surface area contributed by atoms with Gasteiger partial charge in [0.25, 0.3) is 5.91 Å². The van der Waals surface area contributed by atoms with E-state index in [-0.39, 0.29) is 24.3 Å². The third-order valence-electron chi connectivity index (χ3n) is 8.60. The summed E-state index contributed by atoms with van der Waals surface area (Å²) >= 11 is 0. The van der Waals surface area contributed by atoms with Gasteiger partial charge in [0.15, 0.2) is 0 Å². The van der Waals surface area contributed by atoms with Gasteiger partial charge in [0.2, 0.25) is 11.8 Å². The van der Waals surface area contributed by atoms with Crippen LogP contribution in [0.25, 0.3) is 0 Å². The van der Waals surface area contributed by atoms with Crippen LogP contribution in [-0.2, 0) is 21.5 Å². The second-order valence-corrected chi connectivity index (χ2v) is 10.6. The molecule has 4 aromatic carbocycles. The molecule has 1 aliphatic heterocycles. The molecule has 7 nitrogen and oxygen atoms in total. The number of para-hydroxylation sites is 1. The number of likely N-dealkylation sites (tertiary alicyclic amines) is 1. The van der Waals surface area contributed by atoms with Gasteiger partial charge in [-0.25, -0.2) is 5.43 Å². The van der Waals surface area contributed by atoms with Gasteiger partial charge in [0.1, 0.15) is 0 Å². The van der Waals surface area contributed by atoms with E-state index in [1.807, 2.05) is 78.9 Å². The Hall–Kier alpha value is -5.04. The number of rotatable bonds is 5. The lowest BCUT2D eigenvalue weighted by Gasteiger charge is -2.52. The molecule has 3 N–H and O–H groups in total. The Morgan fingerprint density at radius 2 is 1.43 bits per heavy atom. The molecule has 1 heterocycles. The first kappa shape index (κ1) is 24.0. The summed E-state index contributed by atoms with van der Waals surface area (Å²) in [5.41, 5.74) is 13.0. The predicted molar refractivity (Wildman–Crippen MR) is 151 cm³/mol. The quantitative estimate of drug-likeness (QED) is 0.176. The van der Waals surface area contributed by atoms with Gasteiger partial charge in [-0.15, -0.1) is 0 Å². The maximum atomic E-state index is 14.3. The molecule has 0 saturated carbocycles.